The van der Waals surface area contributed by atoms with Crippen LogP contribution < -0.4 is 10.6 Å². The molecule has 142 valence electrons. The highest BCUT2D eigenvalue weighted by molar-refractivity contribution is 5.95. The normalized spacial score (nSPS) is 13.7. The van der Waals surface area contributed by atoms with E-state index in [1.165, 1.54) is 11.1 Å². The van der Waals surface area contributed by atoms with Crippen molar-refractivity contribution in [1.29, 1.82) is 0 Å². The molecule has 26 heavy (non-hydrogen) atoms. The lowest BCUT2D eigenvalue weighted by atomic mass is 9.94. The standard InChI is InChI=1S/C21H32N4O/c1-8-17-9-11-18(12-10-17)19(13(2)3)22-15(5)21(26)23-20-14(4)24-25(7)16(20)6/h9-13,15,19,22H,8H2,1-7H3,(H,23,26)/t15-,19+/m0/s1. The Morgan fingerprint density at radius 3 is 2.23 bits per heavy atom. The predicted molar refractivity (Wildman–Crippen MR) is 107 cm³/mol. The molecule has 0 spiro atoms. The monoisotopic (exact) mass is 356 g/mol. The van der Waals surface area contributed by atoms with Crippen LogP contribution in [0.4, 0.5) is 5.69 Å². The molecule has 2 rings (SSSR count). The molecule has 1 aromatic heterocycles. The fourth-order valence-corrected chi connectivity index (χ4v) is 3.17. The van der Waals surface area contributed by atoms with Gasteiger partial charge in [-0.3, -0.25) is 14.8 Å². The molecule has 0 bridgehead atoms. The van der Waals surface area contributed by atoms with Crippen LogP contribution in [0.1, 0.15) is 56.3 Å². The van der Waals surface area contributed by atoms with E-state index in [1.807, 2.05) is 27.8 Å². The summed E-state index contributed by atoms with van der Waals surface area (Å²) >= 11 is 0. The summed E-state index contributed by atoms with van der Waals surface area (Å²) in [7, 11) is 1.88. The van der Waals surface area contributed by atoms with E-state index in [-0.39, 0.29) is 18.0 Å². The van der Waals surface area contributed by atoms with Crippen LogP contribution in [0.3, 0.4) is 0 Å². The van der Waals surface area contributed by atoms with Crippen molar-refractivity contribution >= 4 is 11.6 Å². The maximum Gasteiger partial charge on any atom is 0.241 e. The number of nitrogens with one attached hydrogen (secondary N) is 2. The minimum atomic E-state index is -0.313. The second kappa shape index (κ2) is 8.49. The Hall–Kier alpha value is -2.14. The van der Waals surface area contributed by atoms with Crippen molar-refractivity contribution in [3.8, 4) is 0 Å². The molecule has 5 nitrogen and oxygen atoms in total. The van der Waals surface area contributed by atoms with Gasteiger partial charge in [0.15, 0.2) is 0 Å². The van der Waals surface area contributed by atoms with Gasteiger partial charge in [0.2, 0.25) is 5.91 Å². The summed E-state index contributed by atoms with van der Waals surface area (Å²) in [5, 5.41) is 10.9. The molecule has 1 aromatic carbocycles. The quantitative estimate of drug-likeness (QED) is 0.791. The second-order valence-corrected chi connectivity index (χ2v) is 7.36. The number of anilines is 1. The molecular formula is C21H32N4O. The van der Waals surface area contributed by atoms with Crippen LogP contribution in [0.2, 0.25) is 0 Å². The Morgan fingerprint density at radius 1 is 1.15 bits per heavy atom. The molecule has 0 aliphatic heterocycles. The largest absolute Gasteiger partial charge is 0.322 e. The highest BCUT2D eigenvalue weighted by atomic mass is 16.2. The number of hydrogen-bond acceptors (Lipinski definition) is 3. The minimum absolute atomic E-state index is 0.0416. The van der Waals surface area contributed by atoms with Crippen molar-refractivity contribution in [3.05, 3.63) is 46.8 Å². The lowest BCUT2D eigenvalue weighted by molar-refractivity contribution is -0.118. The second-order valence-electron chi connectivity index (χ2n) is 7.36. The molecule has 0 aliphatic rings. The topological polar surface area (TPSA) is 59.0 Å². The van der Waals surface area contributed by atoms with Gasteiger partial charge in [-0.1, -0.05) is 45.0 Å². The third-order valence-electron chi connectivity index (χ3n) is 4.99. The zero-order valence-electron chi connectivity index (χ0n) is 17.1. The van der Waals surface area contributed by atoms with Crippen LogP contribution in [0.5, 0.6) is 0 Å². The zero-order chi connectivity index (χ0) is 19.4. The van der Waals surface area contributed by atoms with Gasteiger partial charge < -0.3 is 5.32 Å². The summed E-state index contributed by atoms with van der Waals surface area (Å²) < 4.78 is 1.79. The summed E-state index contributed by atoms with van der Waals surface area (Å²) in [6.45, 7) is 12.3. The molecule has 1 amide bonds. The molecule has 2 N–H and O–H groups in total. The first kappa shape index (κ1) is 20.2. The summed E-state index contributed by atoms with van der Waals surface area (Å²) in [4.78, 5) is 12.7. The Labute approximate surface area is 157 Å². The number of aromatic nitrogens is 2. The first-order valence-corrected chi connectivity index (χ1v) is 9.40. The van der Waals surface area contributed by atoms with E-state index in [4.69, 9.17) is 0 Å². The molecule has 0 radical (unpaired) electrons. The number of amides is 1. The van der Waals surface area contributed by atoms with E-state index in [9.17, 15) is 4.79 Å². The van der Waals surface area contributed by atoms with Crippen LogP contribution in [-0.4, -0.2) is 21.7 Å². The van der Waals surface area contributed by atoms with E-state index in [0.717, 1.165) is 23.5 Å². The molecular weight excluding hydrogens is 324 g/mol. The third-order valence-corrected chi connectivity index (χ3v) is 4.99. The lowest BCUT2D eigenvalue weighted by Crippen LogP contribution is -2.41. The maximum atomic E-state index is 12.7. The van der Waals surface area contributed by atoms with E-state index >= 15 is 0 Å². The SMILES string of the molecule is CCc1ccc([C@H](N[C@@H](C)C(=O)Nc2c(C)nn(C)c2C)C(C)C)cc1. The van der Waals surface area contributed by atoms with Crippen molar-refractivity contribution < 1.29 is 4.79 Å². The first-order valence-electron chi connectivity index (χ1n) is 9.40. The molecule has 1 heterocycles. The van der Waals surface area contributed by atoms with Crippen molar-refractivity contribution in [1.82, 2.24) is 15.1 Å². The highest BCUT2D eigenvalue weighted by Crippen LogP contribution is 2.24. The van der Waals surface area contributed by atoms with Gasteiger partial charge >= 0.3 is 0 Å². The van der Waals surface area contributed by atoms with E-state index < -0.39 is 0 Å². The maximum absolute atomic E-state index is 12.7. The number of hydrogen-bond donors (Lipinski definition) is 2. The summed E-state index contributed by atoms with van der Waals surface area (Å²) in [5.41, 5.74) is 5.13. The summed E-state index contributed by atoms with van der Waals surface area (Å²) in [6, 6.07) is 8.47. The van der Waals surface area contributed by atoms with E-state index in [2.05, 4.69) is 60.8 Å². The molecule has 0 fully saturated rings. The first-order chi connectivity index (χ1) is 12.2. The predicted octanol–water partition coefficient (Wildman–Crippen LogP) is 3.91. The van der Waals surface area contributed by atoms with Gasteiger partial charge in [-0.15, -0.1) is 0 Å². The van der Waals surface area contributed by atoms with Gasteiger partial charge in [-0.25, -0.2) is 0 Å². The fourth-order valence-electron chi connectivity index (χ4n) is 3.17. The Balaban J connectivity index is 2.11. The number of aryl methyl sites for hydroxylation is 3. The van der Waals surface area contributed by atoms with Gasteiger partial charge in [0.25, 0.3) is 0 Å². The molecule has 0 saturated heterocycles. The summed E-state index contributed by atoms with van der Waals surface area (Å²) in [6.07, 6.45) is 1.03. The molecule has 5 heteroatoms. The molecule has 0 unspecified atom stereocenters. The lowest BCUT2D eigenvalue weighted by Gasteiger charge is -2.26. The van der Waals surface area contributed by atoms with Crippen molar-refractivity contribution in [2.24, 2.45) is 13.0 Å². The number of benzene rings is 1. The van der Waals surface area contributed by atoms with Gasteiger partial charge in [-0.2, -0.15) is 5.10 Å². The van der Waals surface area contributed by atoms with Gasteiger partial charge in [-0.05, 0) is 44.2 Å². The number of carbonyl (C=O) groups is 1. The van der Waals surface area contributed by atoms with Crippen LogP contribution >= 0.6 is 0 Å². The Kier molecular flexibility index (Phi) is 6.59. The number of carbonyl (C=O) groups excluding carboxylic acids is 1. The van der Waals surface area contributed by atoms with Crippen molar-refractivity contribution in [3.63, 3.8) is 0 Å². The number of rotatable bonds is 7. The van der Waals surface area contributed by atoms with Gasteiger partial charge in [0.05, 0.1) is 23.1 Å². The molecule has 0 aliphatic carbocycles. The van der Waals surface area contributed by atoms with Crippen LogP contribution in [0.25, 0.3) is 0 Å². The fraction of sp³-hybridized carbons (Fsp3) is 0.524. The average Bonchev–Trinajstić information content (AvgIpc) is 2.85. The minimum Gasteiger partial charge on any atom is -0.322 e. The molecule has 2 aromatic rings. The smallest absolute Gasteiger partial charge is 0.241 e. The van der Waals surface area contributed by atoms with Gasteiger partial charge in [0.1, 0.15) is 0 Å². The Morgan fingerprint density at radius 2 is 1.77 bits per heavy atom. The van der Waals surface area contributed by atoms with Gasteiger partial charge in [0, 0.05) is 13.1 Å². The third kappa shape index (κ3) is 4.52. The Bertz CT molecular complexity index is 746. The van der Waals surface area contributed by atoms with Crippen LogP contribution in [0.15, 0.2) is 24.3 Å². The van der Waals surface area contributed by atoms with E-state index in [1.54, 1.807) is 4.68 Å². The van der Waals surface area contributed by atoms with Crippen LogP contribution in [-0.2, 0) is 18.3 Å². The van der Waals surface area contributed by atoms with Crippen molar-refractivity contribution in [2.45, 2.75) is 60.0 Å². The summed E-state index contributed by atoms with van der Waals surface area (Å²) in [5.74, 6) is 0.333. The van der Waals surface area contributed by atoms with Crippen LogP contribution in [0, 0.1) is 19.8 Å². The average molecular weight is 357 g/mol. The number of nitrogens with zero attached hydrogens (tertiary/aromatic N) is 2. The molecule has 2 atom stereocenters. The zero-order valence-corrected chi connectivity index (χ0v) is 17.1. The van der Waals surface area contributed by atoms with Crippen molar-refractivity contribution in [2.75, 3.05) is 5.32 Å². The van der Waals surface area contributed by atoms with E-state index in [0.29, 0.717) is 5.92 Å². The molecule has 0 saturated carbocycles. The highest BCUT2D eigenvalue weighted by Gasteiger charge is 2.23.